The highest BCUT2D eigenvalue weighted by molar-refractivity contribution is 5.00. The highest BCUT2D eigenvalue weighted by Crippen LogP contribution is 1.88. The Bertz CT molecular complexity index is 86.1. The molecule has 1 aliphatic heterocycles. The molecular formula is C5H10N2. The summed E-state index contributed by atoms with van der Waals surface area (Å²) in [6.45, 7) is 4.05. The van der Waals surface area contributed by atoms with E-state index in [1.165, 1.54) is 5.57 Å². The van der Waals surface area contributed by atoms with E-state index in [2.05, 4.69) is 17.6 Å². The van der Waals surface area contributed by atoms with Crippen molar-refractivity contribution >= 4 is 0 Å². The molecule has 0 aromatic rings. The number of hydrogen-bond donors (Lipinski definition) is 2. The maximum atomic E-state index is 3.16. The highest BCUT2D eigenvalue weighted by Gasteiger charge is 1.91. The van der Waals surface area contributed by atoms with E-state index >= 15 is 0 Å². The van der Waals surface area contributed by atoms with Crippen LogP contribution < -0.4 is 10.6 Å². The van der Waals surface area contributed by atoms with Crippen molar-refractivity contribution < 1.29 is 0 Å². The van der Waals surface area contributed by atoms with E-state index in [4.69, 9.17) is 0 Å². The largest absolute Gasteiger partial charge is 0.378 e. The summed E-state index contributed by atoms with van der Waals surface area (Å²) in [6, 6.07) is 0. The molecular weight excluding hydrogens is 88.1 g/mol. The van der Waals surface area contributed by atoms with Gasteiger partial charge in [0.15, 0.2) is 0 Å². The first-order valence-corrected chi connectivity index (χ1v) is 2.49. The molecule has 0 aromatic heterocycles. The first-order chi connectivity index (χ1) is 3.39. The molecule has 0 aromatic carbocycles. The molecule has 0 fully saturated rings. The van der Waals surface area contributed by atoms with Crippen LogP contribution in [0.25, 0.3) is 0 Å². The van der Waals surface area contributed by atoms with Crippen LogP contribution in [0.15, 0.2) is 11.8 Å². The molecule has 0 spiro atoms. The third kappa shape index (κ3) is 1.20. The van der Waals surface area contributed by atoms with Gasteiger partial charge in [0, 0.05) is 6.54 Å². The van der Waals surface area contributed by atoms with E-state index in [-0.39, 0.29) is 0 Å². The molecule has 0 saturated heterocycles. The molecule has 2 heteroatoms. The minimum atomic E-state index is 0.914. The molecule has 2 nitrogen and oxygen atoms in total. The second-order valence-electron chi connectivity index (χ2n) is 1.80. The van der Waals surface area contributed by atoms with E-state index in [1.807, 2.05) is 6.20 Å². The Balaban J connectivity index is 2.40. The molecule has 0 radical (unpaired) electrons. The van der Waals surface area contributed by atoms with Crippen LogP contribution in [0.2, 0.25) is 0 Å². The number of hydrogen-bond acceptors (Lipinski definition) is 2. The molecule has 0 atom stereocenters. The number of rotatable bonds is 0. The third-order valence-electron chi connectivity index (χ3n) is 0.979. The normalized spacial score (nSPS) is 20.4. The molecule has 0 saturated carbocycles. The van der Waals surface area contributed by atoms with Gasteiger partial charge in [-0.3, -0.25) is 5.32 Å². The minimum absolute atomic E-state index is 0.914. The van der Waals surface area contributed by atoms with Gasteiger partial charge < -0.3 is 5.32 Å². The van der Waals surface area contributed by atoms with Crippen molar-refractivity contribution in [1.82, 2.24) is 10.6 Å². The molecule has 0 aliphatic carbocycles. The Kier molecular flexibility index (Phi) is 1.32. The van der Waals surface area contributed by atoms with Crippen molar-refractivity contribution in [3.63, 3.8) is 0 Å². The summed E-state index contributed by atoms with van der Waals surface area (Å²) < 4.78 is 0. The van der Waals surface area contributed by atoms with E-state index < -0.39 is 0 Å². The summed E-state index contributed by atoms with van der Waals surface area (Å²) in [5.74, 6) is 0. The van der Waals surface area contributed by atoms with Gasteiger partial charge in [-0.15, -0.1) is 0 Å². The first kappa shape index (κ1) is 4.65. The summed E-state index contributed by atoms with van der Waals surface area (Å²) in [7, 11) is 0. The Hall–Kier alpha value is -0.500. The van der Waals surface area contributed by atoms with Gasteiger partial charge in [0.05, 0.1) is 6.67 Å². The third-order valence-corrected chi connectivity index (χ3v) is 0.979. The maximum absolute atomic E-state index is 3.16. The highest BCUT2D eigenvalue weighted by atomic mass is 15.1. The zero-order valence-electron chi connectivity index (χ0n) is 4.49. The Labute approximate surface area is 43.6 Å². The lowest BCUT2D eigenvalue weighted by Crippen LogP contribution is -2.31. The summed E-state index contributed by atoms with van der Waals surface area (Å²) in [6.07, 6.45) is 2.04. The molecule has 1 heterocycles. The fourth-order valence-electron chi connectivity index (χ4n) is 0.608. The second kappa shape index (κ2) is 1.98. The summed E-state index contributed by atoms with van der Waals surface area (Å²) in [4.78, 5) is 0. The lowest BCUT2D eigenvalue weighted by atomic mass is 10.3. The van der Waals surface area contributed by atoms with Crippen LogP contribution in [-0.2, 0) is 0 Å². The number of nitrogens with one attached hydrogen (secondary N) is 2. The lowest BCUT2D eigenvalue weighted by Gasteiger charge is -2.10. The SMILES string of the molecule is CC1=CNCNC1. The average molecular weight is 98.1 g/mol. The van der Waals surface area contributed by atoms with Crippen LogP contribution in [0.5, 0.6) is 0 Å². The smallest absolute Gasteiger partial charge is 0.0650 e. The molecule has 0 amide bonds. The molecule has 0 bridgehead atoms. The van der Waals surface area contributed by atoms with Crippen molar-refractivity contribution in [2.45, 2.75) is 6.92 Å². The van der Waals surface area contributed by atoms with E-state index in [0.29, 0.717) is 0 Å². The van der Waals surface area contributed by atoms with Crippen LogP contribution in [0, 0.1) is 0 Å². The molecule has 1 rings (SSSR count). The lowest BCUT2D eigenvalue weighted by molar-refractivity contribution is 0.647. The topological polar surface area (TPSA) is 24.1 Å². The summed E-state index contributed by atoms with van der Waals surface area (Å²) in [5.41, 5.74) is 1.37. The monoisotopic (exact) mass is 98.1 g/mol. The van der Waals surface area contributed by atoms with Gasteiger partial charge in [0.2, 0.25) is 0 Å². The second-order valence-corrected chi connectivity index (χ2v) is 1.80. The van der Waals surface area contributed by atoms with Gasteiger partial charge in [0.25, 0.3) is 0 Å². The fourth-order valence-corrected chi connectivity index (χ4v) is 0.608. The van der Waals surface area contributed by atoms with Crippen LogP contribution >= 0.6 is 0 Å². The van der Waals surface area contributed by atoms with E-state index in [0.717, 1.165) is 13.2 Å². The first-order valence-electron chi connectivity index (χ1n) is 2.49. The molecule has 1 aliphatic rings. The standard InChI is InChI=1S/C5H10N2/c1-5-2-6-4-7-3-5/h2,6-7H,3-4H2,1H3. The average Bonchev–Trinajstić information content (AvgIpc) is 1.69. The minimum Gasteiger partial charge on any atom is -0.378 e. The molecule has 0 unspecified atom stereocenters. The van der Waals surface area contributed by atoms with Gasteiger partial charge in [-0.05, 0) is 18.7 Å². The fraction of sp³-hybridized carbons (Fsp3) is 0.600. The Morgan fingerprint density at radius 1 is 1.71 bits per heavy atom. The zero-order chi connectivity index (χ0) is 5.11. The van der Waals surface area contributed by atoms with Gasteiger partial charge in [-0.2, -0.15) is 0 Å². The van der Waals surface area contributed by atoms with E-state index in [1.54, 1.807) is 0 Å². The van der Waals surface area contributed by atoms with Gasteiger partial charge in [0.1, 0.15) is 0 Å². The van der Waals surface area contributed by atoms with Crippen molar-refractivity contribution in [3.05, 3.63) is 11.8 Å². The van der Waals surface area contributed by atoms with Crippen LogP contribution in [0.4, 0.5) is 0 Å². The summed E-state index contributed by atoms with van der Waals surface area (Å²) >= 11 is 0. The molecule has 7 heavy (non-hydrogen) atoms. The van der Waals surface area contributed by atoms with Gasteiger partial charge >= 0.3 is 0 Å². The van der Waals surface area contributed by atoms with Crippen molar-refractivity contribution in [1.29, 1.82) is 0 Å². The van der Waals surface area contributed by atoms with Crippen LogP contribution in [0.1, 0.15) is 6.92 Å². The molecule has 40 valence electrons. The zero-order valence-corrected chi connectivity index (χ0v) is 4.49. The van der Waals surface area contributed by atoms with Gasteiger partial charge in [-0.1, -0.05) is 0 Å². The van der Waals surface area contributed by atoms with E-state index in [9.17, 15) is 0 Å². The van der Waals surface area contributed by atoms with Crippen LogP contribution in [-0.4, -0.2) is 13.2 Å². The Morgan fingerprint density at radius 2 is 2.57 bits per heavy atom. The quantitative estimate of drug-likeness (QED) is 0.447. The maximum Gasteiger partial charge on any atom is 0.0650 e. The van der Waals surface area contributed by atoms with Crippen molar-refractivity contribution in [2.24, 2.45) is 0 Å². The Morgan fingerprint density at radius 3 is 2.86 bits per heavy atom. The predicted molar refractivity (Wildman–Crippen MR) is 29.8 cm³/mol. The predicted octanol–water partition coefficient (Wildman–Crippen LogP) is 0.0405. The van der Waals surface area contributed by atoms with Crippen LogP contribution in [0.3, 0.4) is 0 Å². The summed E-state index contributed by atoms with van der Waals surface area (Å²) in [5, 5.41) is 6.22. The van der Waals surface area contributed by atoms with Gasteiger partial charge in [-0.25, -0.2) is 0 Å². The molecule has 2 N–H and O–H groups in total. The van der Waals surface area contributed by atoms with Crippen molar-refractivity contribution in [2.75, 3.05) is 13.2 Å². The van der Waals surface area contributed by atoms with Crippen molar-refractivity contribution in [3.8, 4) is 0 Å².